The fourth-order valence-corrected chi connectivity index (χ4v) is 1.79. The van der Waals surface area contributed by atoms with Crippen molar-refractivity contribution < 1.29 is 9.90 Å². The summed E-state index contributed by atoms with van der Waals surface area (Å²) in [6.07, 6.45) is 2.54. The number of aliphatic hydroxyl groups excluding tert-OH is 1. The van der Waals surface area contributed by atoms with Crippen LogP contribution in [0.4, 0.5) is 0 Å². The SMILES string of the molecule is NC(=O)[C@@H](O)[C@H]1CCC[C@H](N)C1. The number of carbonyl (C=O) groups is 1. The van der Waals surface area contributed by atoms with Crippen LogP contribution >= 0.6 is 0 Å². The van der Waals surface area contributed by atoms with Gasteiger partial charge in [-0.05, 0) is 25.2 Å². The van der Waals surface area contributed by atoms with Gasteiger partial charge in [-0.2, -0.15) is 0 Å². The zero-order valence-corrected chi connectivity index (χ0v) is 7.07. The number of carbonyl (C=O) groups excluding carboxylic acids is 1. The van der Waals surface area contributed by atoms with Gasteiger partial charge in [0, 0.05) is 6.04 Å². The van der Waals surface area contributed by atoms with Gasteiger partial charge in [0.15, 0.2) is 0 Å². The van der Waals surface area contributed by atoms with Crippen molar-refractivity contribution in [2.45, 2.75) is 37.8 Å². The number of nitrogens with two attached hydrogens (primary N) is 2. The molecule has 12 heavy (non-hydrogen) atoms. The lowest BCUT2D eigenvalue weighted by Crippen LogP contribution is -2.40. The van der Waals surface area contributed by atoms with Crippen LogP contribution in [0.3, 0.4) is 0 Å². The van der Waals surface area contributed by atoms with Crippen LogP contribution in [0.2, 0.25) is 0 Å². The predicted octanol–water partition coefficient (Wildman–Crippen LogP) is -0.650. The minimum atomic E-state index is -1.00. The molecule has 0 spiro atoms. The van der Waals surface area contributed by atoms with Crippen LogP contribution in [0, 0.1) is 5.92 Å². The highest BCUT2D eigenvalue weighted by Gasteiger charge is 2.28. The quantitative estimate of drug-likeness (QED) is 0.517. The summed E-state index contributed by atoms with van der Waals surface area (Å²) in [5.74, 6) is -0.652. The minimum Gasteiger partial charge on any atom is -0.383 e. The zero-order valence-electron chi connectivity index (χ0n) is 7.07. The largest absolute Gasteiger partial charge is 0.383 e. The molecule has 0 aromatic rings. The molecule has 0 aromatic heterocycles. The lowest BCUT2D eigenvalue weighted by molar-refractivity contribution is -0.129. The molecule has 70 valence electrons. The van der Waals surface area contributed by atoms with E-state index < -0.39 is 12.0 Å². The van der Waals surface area contributed by atoms with Crippen LogP contribution in [-0.2, 0) is 4.79 Å². The molecule has 0 aliphatic heterocycles. The molecule has 0 radical (unpaired) electrons. The second-order valence-corrected chi connectivity index (χ2v) is 3.53. The number of hydrogen-bond donors (Lipinski definition) is 3. The van der Waals surface area contributed by atoms with Crippen LogP contribution in [-0.4, -0.2) is 23.2 Å². The summed E-state index contributed by atoms with van der Waals surface area (Å²) < 4.78 is 0. The Balaban J connectivity index is 2.45. The van der Waals surface area contributed by atoms with Crippen LogP contribution < -0.4 is 11.5 Å². The molecule has 1 amide bonds. The van der Waals surface area contributed by atoms with Crippen molar-refractivity contribution in [1.29, 1.82) is 0 Å². The average Bonchev–Trinajstić information content (AvgIpc) is 2.03. The maximum atomic E-state index is 10.6. The van der Waals surface area contributed by atoms with Crippen LogP contribution in [0.25, 0.3) is 0 Å². The van der Waals surface area contributed by atoms with Crippen molar-refractivity contribution in [2.24, 2.45) is 17.4 Å². The lowest BCUT2D eigenvalue weighted by atomic mass is 9.82. The molecule has 4 heteroatoms. The van der Waals surface area contributed by atoms with Crippen LogP contribution in [0.1, 0.15) is 25.7 Å². The molecule has 1 saturated carbocycles. The van der Waals surface area contributed by atoms with Gasteiger partial charge in [0.05, 0.1) is 0 Å². The Hall–Kier alpha value is -0.610. The Morgan fingerprint density at radius 2 is 2.17 bits per heavy atom. The van der Waals surface area contributed by atoms with Gasteiger partial charge in [-0.15, -0.1) is 0 Å². The highest BCUT2D eigenvalue weighted by Crippen LogP contribution is 2.25. The minimum absolute atomic E-state index is 0.0220. The van der Waals surface area contributed by atoms with Gasteiger partial charge in [0.2, 0.25) is 5.91 Å². The smallest absolute Gasteiger partial charge is 0.246 e. The molecule has 1 aliphatic carbocycles. The highest BCUT2D eigenvalue weighted by atomic mass is 16.3. The Labute approximate surface area is 71.9 Å². The summed E-state index contributed by atoms with van der Waals surface area (Å²) in [4.78, 5) is 10.6. The van der Waals surface area contributed by atoms with Gasteiger partial charge >= 0.3 is 0 Å². The molecule has 0 bridgehead atoms. The summed E-state index contributed by atoms with van der Waals surface area (Å²) in [6.45, 7) is 0. The van der Waals surface area contributed by atoms with Gasteiger partial charge in [0.25, 0.3) is 0 Å². The average molecular weight is 172 g/mol. The first-order valence-corrected chi connectivity index (χ1v) is 4.34. The topological polar surface area (TPSA) is 89.3 Å². The lowest BCUT2D eigenvalue weighted by Gasteiger charge is -2.28. The fraction of sp³-hybridized carbons (Fsp3) is 0.875. The van der Waals surface area contributed by atoms with Gasteiger partial charge < -0.3 is 16.6 Å². The molecule has 5 N–H and O–H groups in total. The van der Waals surface area contributed by atoms with Gasteiger partial charge in [0.1, 0.15) is 6.10 Å². The van der Waals surface area contributed by atoms with Crippen molar-refractivity contribution in [3.63, 3.8) is 0 Å². The molecule has 4 nitrogen and oxygen atoms in total. The van der Waals surface area contributed by atoms with Crippen molar-refractivity contribution in [1.82, 2.24) is 0 Å². The number of amides is 1. The number of primary amides is 1. The molecule has 0 saturated heterocycles. The van der Waals surface area contributed by atoms with E-state index in [1.807, 2.05) is 0 Å². The van der Waals surface area contributed by atoms with E-state index in [4.69, 9.17) is 11.5 Å². The highest BCUT2D eigenvalue weighted by molar-refractivity contribution is 5.78. The van der Waals surface area contributed by atoms with E-state index in [1.54, 1.807) is 0 Å². The second kappa shape index (κ2) is 3.87. The zero-order chi connectivity index (χ0) is 9.14. The van der Waals surface area contributed by atoms with E-state index in [-0.39, 0.29) is 12.0 Å². The Bertz CT molecular complexity index is 172. The Morgan fingerprint density at radius 3 is 2.67 bits per heavy atom. The van der Waals surface area contributed by atoms with E-state index in [9.17, 15) is 9.90 Å². The predicted molar refractivity (Wildman–Crippen MR) is 45.1 cm³/mol. The van der Waals surface area contributed by atoms with Crippen molar-refractivity contribution in [2.75, 3.05) is 0 Å². The summed E-state index contributed by atoms with van der Waals surface area (Å²) in [5, 5.41) is 9.34. The third-order valence-corrected chi connectivity index (χ3v) is 2.49. The second-order valence-electron chi connectivity index (χ2n) is 3.53. The number of rotatable bonds is 2. The number of hydrogen-bond acceptors (Lipinski definition) is 3. The summed E-state index contributed by atoms with van der Waals surface area (Å²) >= 11 is 0. The molecule has 0 heterocycles. The van der Waals surface area contributed by atoms with Crippen molar-refractivity contribution in [3.8, 4) is 0 Å². The van der Waals surface area contributed by atoms with Gasteiger partial charge in [-0.25, -0.2) is 0 Å². The fourth-order valence-electron chi connectivity index (χ4n) is 1.79. The van der Waals surface area contributed by atoms with Crippen molar-refractivity contribution in [3.05, 3.63) is 0 Å². The molecule has 3 atom stereocenters. The molecule has 1 fully saturated rings. The first-order chi connectivity index (χ1) is 5.61. The summed E-state index contributed by atoms with van der Waals surface area (Å²) in [6, 6.07) is 0.123. The third kappa shape index (κ3) is 2.19. The van der Waals surface area contributed by atoms with Gasteiger partial charge in [-0.1, -0.05) is 6.42 Å². The Morgan fingerprint density at radius 1 is 1.50 bits per heavy atom. The van der Waals surface area contributed by atoms with Crippen molar-refractivity contribution >= 4 is 5.91 Å². The molecule has 0 aromatic carbocycles. The van der Waals surface area contributed by atoms with E-state index in [0.29, 0.717) is 6.42 Å². The number of aliphatic hydroxyl groups is 1. The Kier molecular flexibility index (Phi) is 3.05. The van der Waals surface area contributed by atoms with E-state index >= 15 is 0 Å². The molecular weight excluding hydrogens is 156 g/mol. The van der Waals surface area contributed by atoms with Gasteiger partial charge in [-0.3, -0.25) is 4.79 Å². The maximum absolute atomic E-state index is 10.6. The third-order valence-electron chi connectivity index (χ3n) is 2.49. The standard InChI is InChI=1S/C8H16N2O2/c9-6-3-1-2-5(4-6)7(11)8(10)12/h5-7,11H,1-4,9H2,(H2,10,12)/t5-,6-,7-/m0/s1. The first-order valence-electron chi connectivity index (χ1n) is 4.34. The monoisotopic (exact) mass is 172 g/mol. The molecule has 0 unspecified atom stereocenters. The molecular formula is C8H16N2O2. The molecule has 1 aliphatic rings. The van der Waals surface area contributed by atoms with E-state index in [1.165, 1.54) is 0 Å². The van der Waals surface area contributed by atoms with E-state index in [0.717, 1.165) is 19.3 Å². The first kappa shape index (κ1) is 9.48. The summed E-state index contributed by atoms with van der Waals surface area (Å²) in [7, 11) is 0. The maximum Gasteiger partial charge on any atom is 0.246 e. The summed E-state index contributed by atoms with van der Waals surface area (Å²) in [5.41, 5.74) is 10.7. The van der Waals surface area contributed by atoms with E-state index in [2.05, 4.69) is 0 Å². The molecule has 1 rings (SSSR count). The van der Waals surface area contributed by atoms with Crippen LogP contribution in [0.5, 0.6) is 0 Å². The van der Waals surface area contributed by atoms with Crippen LogP contribution in [0.15, 0.2) is 0 Å². The normalized spacial score (nSPS) is 32.8.